The van der Waals surface area contributed by atoms with Crippen LogP contribution in [0.1, 0.15) is 39.3 Å². The van der Waals surface area contributed by atoms with Gasteiger partial charge in [-0.05, 0) is 36.2 Å². The van der Waals surface area contributed by atoms with Crippen molar-refractivity contribution in [3.63, 3.8) is 0 Å². The van der Waals surface area contributed by atoms with Gasteiger partial charge in [0.25, 0.3) is 11.5 Å². The molecule has 15 heteroatoms. The largest absolute Gasteiger partial charge is 0.437 e. The summed E-state index contributed by atoms with van der Waals surface area (Å²) in [5, 5.41) is 9.10. The molecule has 0 bridgehead atoms. The highest BCUT2D eigenvalue weighted by Crippen LogP contribution is 2.49. The highest BCUT2D eigenvalue weighted by atomic mass is 32.2. The lowest BCUT2D eigenvalue weighted by molar-refractivity contribution is -0.278. The minimum Gasteiger partial charge on any atom is -0.372 e. The molecule has 1 atom stereocenters. The average Bonchev–Trinajstić information content (AvgIpc) is 3.31. The van der Waals surface area contributed by atoms with Gasteiger partial charge in [0.1, 0.15) is 9.84 Å². The fourth-order valence-electron chi connectivity index (χ4n) is 3.55. The van der Waals surface area contributed by atoms with Crippen LogP contribution >= 0.6 is 0 Å². The Balaban J connectivity index is 1.87. The van der Waals surface area contributed by atoms with E-state index in [0.717, 1.165) is 13.3 Å². The van der Waals surface area contributed by atoms with Crippen LogP contribution in [0.4, 0.5) is 26.3 Å². The van der Waals surface area contributed by atoms with Crippen molar-refractivity contribution in [2.75, 3.05) is 18.6 Å². The van der Waals surface area contributed by atoms with E-state index in [1.807, 2.05) is 0 Å². The second-order valence-corrected chi connectivity index (χ2v) is 10.3. The maximum absolute atomic E-state index is 14.1. The average molecular weight is 526 g/mol. The van der Waals surface area contributed by atoms with Crippen LogP contribution in [0.5, 0.6) is 0 Å². The Morgan fingerprint density at radius 1 is 1.20 bits per heavy atom. The Bertz CT molecular complexity index is 1280. The summed E-state index contributed by atoms with van der Waals surface area (Å²) in [6.45, 7) is 1.39. The van der Waals surface area contributed by atoms with Gasteiger partial charge in [0, 0.05) is 25.4 Å². The number of rotatable bonds is 6. The molecule has 0 spiro atoms. The summed E-state index contributed by atoms with van der Waals surface area (Å²) in [5.74, 6) is -0.852. The second kappa shape index (κ2) is 8.84. The summed E-state index contributed by atoms with van der Waals surface area (Å²) in [4.78, 5) is 17.1. The number of hydrogen-bond acceptors (Lipinski definition) is 6. The number of hydrogen-bond donors (Lipinski definition) is 1. The van der Waals surface area contributed by atoms with Crippen LogP contribution in [-0.4, -0.2) is 54.5 Å². The van der Waals surface area contributed by atoms with Gasteiger partial charge in [0.15, 0.2) is 5.69 Å². The standard InChI is InChI=1S/C20H20F6N4O4S/c1-11-8-12(4-5-13(11)17(31)27-6-7-35(3,32)33)14-10-18(34-29-14,20(24,25)26)16-9-15(19(21,22)23)28-30(16)2/h4-5,8-9H,6-7,10H2,1-3H3,(H,27,31). The molecule has 1 unspecified atom stereocenters. The maximum atomic E-state index is 14.1. The minimum absolute atomic E-state index is 0.127. The number of oxime groups is 1. The zero-order valence-corrected chi connectivity index (χ0v) is 19.4. The normalized spacial score (nSPS) is 18.8. The van der Waals surface area contributed by atoms with E-state index < -0.39 is 51.5 Å². The van der Waals surface area contributed by atoms with Crippen LogP contribution in [0, 0.1) is 6.92 Å². The Morgan fingerprint density at radius 3 is 2.37 bits per heavy atom. The lowest BCUT2D eigenvalue weighted by atomic mass is 9.89. The van der Waals surface area contributed by atoms with E-state index in [0.29, 0.717) is 10.2 Å². The van der Waals surface area contributed by atoms with Crippen molar-refractivity contribution in [3.8, 4) is 0 Å². The molecule has 35 heavy (non-hydrogen) atoms. The quantitative estimate of drug-likeness (QED) is 0.583. The molecule has 8 nitrogen and oxygen atoms in total. The predicted molar refractivity (Wildman–Crippen MR) is 111 cm³/mol. The second-order valence-electron chi connectivity index (χ2n) is 8.08. The molecule has 3 rings (SSSR count). The topological polar surface area (TPSA) is 103 Å². The molecule has 0 saturated carbocycles. The molecule has 2 heterocycles. The molecule has 0 fully saturated rings. The number of carbonyl (C=O) groups is 1. The summed E-state index contributed by atoms with van der Waals surface area (Å²) < 4.78 is 104. The van der Waals surface area contributed by atoms with Crippen molar-refractivity contribution in [1.82, 2.24) is 15.1 Å². The summed E-state index contributed by atoms with van der Waals surface area (Å²) in [6, 6.07) is 4.30. The van der Waals surface area contributed by atoms with Gasteiger partial charge in [-0.1, -0.05) is 11.2 Å². The smallest absolute Gasteiger partial charge is 0.372 e. The first-order valence-electron chi connectivity index (χ1n) is 9.95. The van der Waals surface area contributed by atoms with Crippen molar-refractivity contribution in [1.29, 1.82) is 0 Å². The maximum Gasteiger partial charge on any atom is 0.437 e. The fourth-order valence-corrected chi connectivity index (χ4v) is 4.02. The van der Waals surface area contributed by atoms with E-state index in [4.69, 9.17) is 4.84 Å². The predicted octanol–water partition coefficient (Wildman–Crippen LogP) is 3.10. The zero-order valence-electron chi connectivity index (χ0n) is 18.6. The third-order valence-electron chi connectivity index (χ3n) is 5.33. The Kier molecular flexibility index (Phi) is 6.69. The first-order chi connectivity index (χ1) is 15.9. The van der Waals surface area contributed by atoms with Gasteiger partial charge in [0.05, 0.1) is 23.6 Å². The molecule has 0 saturated heterocycles. The van der Waals surface area contributed by atoms with Gasteiger partial charge in [-0.3, -0.25) is 9.48 Å². The molecular formula is C20H20F6N4O4S. The Hall–Kier alpha value is -3.10. The van der Waals surface area contributed by atoms with E-state index in [2.05, 4.69) is 15.6 Å². The zero-order chi connectivity index (χ0) is 26.4. The van der Waals surface area contributed by atoms with Crippen LogP contribution < -0.4 is 5.32 Å². The van der Waals surface area contributed by atoms with Gasteiger partial charge in [-0.15, -0.1) is 0 Å². The number of carbonyl (C=O) groups excluding carboxylic acids is 1. The van der Waals surface area contributed by atoms with Gasteiger partial charge in [-0.25, -0.2) is 8.42 Å². The molecule has 1 amide bonds. The van der Waals surface area contributed by atoms with Crippen molar-refractivity contribution in [3.05, 3.63) is 52.3 Å². The highest BCUT2D eigenvalue weighted by Gasteiger charge is 2.64. The molecule has 1 aliphatic rings. The third-order valence-corrected chi connectivity index (χ3v) is 6.28. The van der Waals surface area contributed by atoms with Crippen LogP contribution in [-0.2, 0) is 33.5 Å². The molecule has 2 aromatic rings. The lowest BCUT2D eigenvalue weighted by Crippen LogP contribution is -2.44. The molecule has 0 radical (unpaired) electrons. The third kappa shape index (κ3) is 5.44. The number of nitrogens with one attached hydrogen (secondary N) is 1. The summed E-state index contributed by atoms with van der Waals surface area (Å²) >= 11 is 0. The Labute approximate surface area is 195 Å². The van der Waals surface area contributed by atoms with Crippen molar-refractivity contribution in [2.45, 2.75) is 31.3 Å². The first kappa shape index (κ1) is 26.5. The molecule has 1 N–H and O–H groups in total. The van der Waals surface area contributed by atoms with E-state index in [9.17, 15) is 39.6 Å². The van der Waals surface area contributed by atoms with Crippen LogP contribution in [0.25, 0.3) is 0 Å². The van der Waals surface area contributed by atoms with Gasteiger partial charge >= 0.3 is 12.4 Å². The molecule has 192 valence electrons. The monoisotopic (exact) mass is 526 g/mol. The number of benzene rings is 1. The van der Waals surface area contributed by atoms with Crippen LogP contribution in [0.2, 0.25) is 0 Å². The van der Waals surface area contributed by atoms with Crippen molar-refractivity contribution >= 4 is 21.5 Å². The number of amides is 1. The molecule has 1 aliphatic heterocycles. The van der Waals surface area contributed by atoms with E-state index >= 15 is 0 Å². The first-order valence-corrected chi connectivity index (χ1v) is 12.0. The van der Waals surface area contributed by atoms with Gasteiger partial charge in [0.2, 0.25) is 0 Å². The van der Waals surface area contributed by atoms with Gasteiger partial charge in [-0.2, -0.15) is 31.4 Å². The molecule has 1 aromatic carbocycles. The highest BCUT2D eigenvalue weighted by molar-refractivity contribution is 7.90. The van der Waals surface area contributed by atoms with E-state index in [-0.39, 0.29) is 35.2 Å². The summed E-state index contributed by atoms with van der Waals surface area (Å²) in [6.07, 6.45) is -10.0. The van der Waals surface area contributed by atoms with Crippen LogP contribution in [0.3, 0.4) is 0 Å². The summed E-state index contributed by atoms with van der Waals surface area (Å²) in [7, 11) is -2.35. The SMILES string of the molecule is Cc1cc(C2=NOC(c3cc(C(F)(F)F)nn3C)(C(F)(F)F)C2)ccc1C(=O)NCCS(C)(=O)=O. The van der Waals surface area contributed by atoms with Crippen molar-refractivity contribution in [2.24, 2.45) is 12.2 Å². The number of aromatic nitrogens is 2. The number of halogens is 6. The molecule has 1 aromatic heterocycles. The van der Waals surface area contributed by atoms with Gasteiger partial charge < -0.3 is 10.2 Å². The van der Waals surface area contributed by atoms with E-state index in [1.165, 1.54) is 25.1 Å². The Morgan fingerprint density at radius 2 is 1.86 bits per heavy atom. The number of aryl methyl sites for hydroxylation is 2. The fraction of sp³-hybridized carbons (Fsp3) is 0.450. The summed E-state index contributed by atoms with van der Waals surface area (Å²) in [5.41, 5.74) is -5.07. The minimum atomic E-state index is -5.14. The van der Waals surface area contributed by atoms with Crippen LogP contribution in [0.15, 0.2) is 29.4 Å². The number of alkyl halides is 6. The van der Waals surface area contributed by atoms with Crippen molar-refractivity contribution < 1.29 is 44.4 Å². The number of nitrogens with zero attached hydrogens (tertiary/aromatic N) is 3. The number of sulfone groups is 1. The molecule has 0 aliphatic carbocycles. The lowest BCUT2D eigenvalue weighted by Gasteiger charge is -2.28. The molecular weight excluding hydrogens is 506 g/mol. The van der Waals surface area contributed by atoms with E-state index in [1.54, 1.807) is 0 Å².